The molecule has 1 heterocycles. The number of pyridine rings is 1. The predicted molar refractivity (Wildman–Crippen MR) is 81.4 cm³/mol. The van der Waals surface area contributed by atoms with E-state index in [2.05, 4.69) is 22.7 Å². The number of hydrogen-bond donors (Lipinski definition) is 3. The van der Waals surface area contributed by atoms with Crippen LogP contribution in [0.1, 0.15) is 37.0 Å². The molecule has 0 aliphatic rings. The number of carbonyl (C=O) groups is 1. The van der Waals surface area contributed by atoms with Gasteiger partial charge in [-0.2, -0.15) is 0 Å². The highest BCUT2D eigenvalue weighted by Crippen LogP contribution is 2.23. The standard InChI is InChI=1S/C15H20N4O/c1-3-6-10(2)18-15(20)13-9-17-14(19-16)12-8-5-4-7-11(12)13/h4-5,7-10H,3,6,16H2,1-2H3,(H,17,19)(H,18,20). The van der Waals surface area contributed by atoms with Gasteiger partial charge >= 0.3 is 0 Å². The highest BCUT2D eigenvalue weighted by molar-refractivity contribution is 6.09. The van der Waals surface area contributed by atoms with Crippen molar-refractivity contribution in [1.82, 2.24) is 10.3 Å². The Bertz CT molecular complexity index is 612. The number of anilines is 1. The molecule has 5 heteroatoms. The zero-order valence-corrected chi connectivity index (χ0v) is 11.8. The second-order valence-electron chi connectivity index (χ2n) is 4.87. The number of amides is 1. The molecule has 0 radical (unpaired) electrons. The van der Waals surface area contributed by atoms with Gasteiger partial charge < -0.3 is 10.7 Å². The van der Waals surface area contributed by atoms with Crippen LogP contribution in [-0.2, 0) is 0 Å². The number of fused-ring (bicyclic) bond motifs is 1. The van der Waals surface area contributed by atoms with Crippen molar-refractivity contribution in [2.24, 2.45) is 5.84 Å². The summed E-state index contributed by atoms with van der Waals surface area (Å²) < 4.78 is 0. The predicted octanol–water partition coefficient (Wildman–Crippen LogP) is 2.44. The Morgan fingerprint density at radius 3 is 2.70 bits per heavy atom. The van der Waals surface area contributed by atoms with Crippen molar-refractivity contribution in [3.05, 3.63) is 36.0 Å². The number of benzene rings is 1. The van der Waals surface area contributed by atoms with E-state index < -0.39 is 0 Å². The normalized spacial score (nSPS) is 12.2. The van der Waals surface area contributed by atoms with E-state index in [1.807, 2.05) is 31.2 Å². The second-order valence-corrected chi connectivity index (χ2v) is 4.87. The van der Waals surface area contributed by atoms with Crippen LogP contribution in [0.4, 0.5) is 5.82 Å². The van der Waals surface area contributed by atoms with Gasteiger partial charge in [-0.3, -0.25) is 4.79 Å². The lowest BCUT2D eigenvalue weighted by molar-refractivity contribution is 0.0939. The van der Waals surface area contributed by atoms with Crippen molar-refractivity contribution in [2.75, 3.05) is 5.43 Å². The molecular formula is C15H20N4O. The van der Waals surface area contributed by atoms with Crippen molar-refractivity contribution in [2.45, 2.75) is 32.7 Å². The molecule has 1 aromatic carbocycles. The molecule has 1 unspecified atom stereocenters. The molecule has 0 bridgehead atoms. The van der Waals surface area contributed by atoms with Gasteiger partial charge in [0, 0.05) is 17.6 Å². The van der Waals surface area contributed by atoms with Crippen molar-refractivity contribution < 1.29 is 4.79 Å². The van der Waals surface area contributed by atoms with Crippen LogP contribution in [0.15, 0.2) is 30.5 Å². The number of rotatable bonds is 5. The largest absolute Gasteiger partial charge is 0.350 e. The molecule has 1 atom stereocenters. The van der Waals surface area contributed by atoms with Gasteiger partial charge in [-0.25, -0.2) is 10.8 Å². The molecule has 4 N–H and O–H groups in total. The molecule has 5 nitrogen and oxygen atoms in total. The fraction of sp³-hybridized carbons (Fsp3) is 0.333. The molecule has 106 valence electrons. The average molecular weight is 272 g/mol. The molecule has 0 aliphatic heterocycles. The van der Waals surface area contributed by atoms with Gasteiger partial charge in [0.2, 0.25) is 0 Å². The van der Waals surface area contributed by atoms with Crippen LogP contribution in [0.5, 0.6) is 0 Å². The number of nitrogens with two attached hydrogens (primary N) is 1. The van der Waals surface area contributed by atoms with E-state index in [0.29, 0.717) is 11.4 Å². The highest BCUT2D eigenvalue weighted by Gasteiger charge is 2.14. The van der Waals surface area contributed by atoms with Crippen molar-refractivity contribution in [3.8, 4) is 0 Å². The fourth-order valence-electron chi connectivity index (χ4n) is 2.30. The van der Waals surface area contributed by atoms with Crippen LogP contribution in [0.3, 0.4) is 0 Å². The van der Waals surface area contributed by atoms with E-state index >= 15 is 0 Å². The quantitative estimate of drug-likeness (QED) is 0.577. The summed E-state index contributed by atoms with van der Waals surface area (Å²) in [5.74, 6) is 5.92. The zero-order chi connectivity index (χ0) is 14.5. The molecular weight excluding hydrogens is 252 g/mol. The summed E-state index contributed by atoms with van der Waals surface area (Å²) in [5.41, 5.74) is 3.13. The zero-order valence-electron chi connectivity index (χ0n) is 11.8. The Morgan fingerprint density at radius 1 is 1.35 bits per heavy atom. The maximum absolute atomic E-state index is 12.3. The molecule has 0 fully saturated rings. The molecule has 0 saturated heterocycles. The first-order valence-corrected chi connectivity index (χ1v) is 6.82. The number of carbonyl (C=O) groups excluding carboxylic acids is 1. The summed E-state index contributed by atoms with van der Waals surface area (Å²) in [7, 11) is 0. The summed E-state index contributed by atoms with van der Waals surface area (Å²) in [6.07, 6.45) is 3.56. The van der Waals surface area contributed by atoms with Gasteiger partial charge in [-0.1, -0.05) is 37.6 Å². The van der Waals surface area contributed by atoms with Crippen LogP contribution in [0.25, 0.3) is 10.8 Å². The number of nitrogens with zero attached hydrogens (tertiary/aromatic N) is 1. The summed E-state index contributed by atoms with van der Waals surface area (Å²) in [6.45, 7) is 4.11. The van der Waals surface area contributed by atoms with Gasteiger partial charge in [-0.15, -0.1) is 0 Å². The van der Waals surface area contributed by atoms with Crippen LogP contribution in [0, 0.1) is 0 Å². The second kappa shape index (κ2) is 6.34. The third kappa shape index (κ3) is 2.88. The van der Waals surface area contributed by atoms with E-state index in [0.717, 1.165) is 23.6 Å². The molecule has 0 aliphatic carbocycles. The first-order valence-electron chi connectivity index (χ1n) is 6.82. The number of aromatic nitrogens is 1. The van der Waals surface area contributed by atoms with Gasteiger partial charge in [0.15, 0.2) is 0 Å². The Morgan fingerprint density at radius 2 is 2.05 bits per heavy atom. The molecule has 20 heavy (non-hydrogen) atoms. The molecule has 0 saturated carbocycles. The Hall–Kier alpha value is -2.14. The SMILES string of the molecule is CCCC(C)NC(=O)c1cnc(NN)c2ccccc12. The van der Waals surface area contributed by atoms with E-state index in [1.165, 1.54) is 0 Å². The summed E-state index contributed by atoms with van der Waals surface area (Å²) in [6, 6.07) is 7.74. The minimum absolute atomic E-state index is 0.0989. The average Bonchev–Trinajstić information content (AvgIpc) is 2.46. The molecule has 1 aromatic heterocycles. The first-order chi connectivity index (χ1) is 9.67. The first kappa shape index (κ1) is 14.3. The van der Waals surface area contributed by atoms with Crippen molar-refractivity contribution >= 4 is 22.5 Å². The van der Waals surface area contributed by atoms with E-state index in [4.69, 9.17) is 5.84 Å². The smallest absolute Gasteiger partial charge is 0.253 e. The minimum Gasteiger partial charge on any atom is -0.350 e. The van der Waals surface area contributed by atoms with E-state index in [1.54, 1.807) is 6.20 Å². The van der Waals surface area contributed by atoms with E-state index in [9.17, 15) is 4.79 Å². The fourth-order valence-corrected chi connectivity index (χ4v) is 2.30. The minimum atomic E-state index is -0.0989. The Kier molecular flexibility index (Phi) is 4.53. The number of nitrogen functional groups attached to an aromatic ring is 1. The lowest BCUT2D eigenvalue weighted by atomic mass is 10.1. The summed E-state index contributed by atoms with van der Waals surface area (Å²) in [4.78, 5) is 16.5. The van der Waals surface area contributed by atoms with Gasteiger partial charge in [-0.05, 0) is 18.7 Å². The van der Waals surface area contributed by atoms with Gasteiger partial charge in [0.1, 0.15) is 5.82 Å². The molecule has 0 spiro atoms. The van der Waals surface area contributed by atoms with Crippen LogP contribution in [-0.4, -0.2) is 16.9 Å². The van der Waals surface area contributed by atoms with E-state index in [-0.39, 0.29) is 11.9 Å². The number of hydrazine groups is 1. The lowest BCUT2D eigenvalue weighted by Crippen LogP contribution is -2.32. The van der Waals surface area contributed by atoms with Crippen LogP contribution >= 0.6 is 0 Å². The molecule has 2 aromatic rings. The topological polar surface area (TPSA) is 80.0 Å². The van der Waals surface area contributed by atoms with Crippen LogP contribution in [0.2, 0.25) is 0 Å². The summed E-state index contributed by atoms with van der Waals surface area (Å²) in [5, 5.41) is 4.68. The molecule has 2 rings (SSSR count). The Balaban J connectivity index is 2.37. The lowest BCUT2D eigenvalue weighted by Gasteiger charge is -2.14. The Labute approximate surface area is 118 Å². The number of hydrogen-bond acceptors (Lipinski definition) is 4. The van der Waals surface area contributed by atoms with Gasteiger partial charge in [0.05, 0.1) is 5.56 Å². The van der Waals surface area contributed by atoms with Crippen LogP contribution < -0.4 is 16.6 Å². The maximum Gasteiger partial charge on any atom is 0.253 e. The summed E-state index contributed by atoms with van der Waals surface area (Å²) >= 11 is 0. The third-order valence-corrected chi connectivity index (χ3v) is 3.28. The van der Waals surface area contributed by atoms with Crippen molar-refractivity contribution in [1.29, 1.82) is 0 Å². The molecule has 1 amide bonds. The monoisotopic (exact) mass is 272 g/mol. The van der Waals surface area contributed by atoms with Gasteiger partial charge in [0.25, 0.3) is 5.91 Å². The maximum atomic E-state index is 12.3. The number of nitrogens with one attached hydrogen (secondary N) is 2. The highest BCUT2D eigenvalue weighted by atomic mass is 16.1. The van der Waals surface area contributed by atoms with Crippen molar-refractivity contribution in [3.63, 3.8) is 0 Å². The third-order valence-electron chi connectivity index (χ3n) is 3.28.